The van der Waals surface area contributed by atoms with E-state index in [2.05, 4.69) is 145 Å². The zero-order valence-electron chi connectivity index (χ0n) is 27.8. The molecule has 0 radical (unpaired) electrons. The van der Waals surface area contributed by atoms with Crippen molar-refractivity contribution in [3.63, 3.8) is 0 Å². The molecule has 8 rings (SSSR count). The van der Waals surface area contributed by atoms with Crippen molar-refractivity contribution in [2.45, 2.75) is 32.6 Å². The average Bonchev–Trinajstić information content (AvgIpc) is 3.76. The van der Waals surface area contributed by atoms with Gasteiger partial charge in [-0.15, -0.1) is 0 Å². The van der Waals surface area contributed by atoms with Gasteiger partial charge in [0.1, 0.15) is 12.1 Å². The molecule has 6 nitrogen and oxygen atoms in total. The summed E-state index contributed by atoms with van der Waals surface area (Å²) in [6, 6.07) is 43.7. The SMILES string of the molecule is CC(C)c1ccc(N(I)c2ccc(CCc3ccc(N(I)c4cccc5c4oc4c(C#N)cccc45)cc3)c3c2oc2c(C#N)cccc23)cc1. The summed E-state index contributed by atoms with van der Waals surface area (Å²) in [6.45, 7) is 4.40. The predicted octanol–water partition coefficient (Wildman–Crippen LogP) is 13.1. The van der Waals surface area contributed by atoms with Crippen LogP contribution in [0.1, 0.15) is 47.6 Å². The number of para-hydroxylation sites is 3. The molecule has 0 unspecified atom stereocenters. The van der Waals surface area contributed by atoms with Crippen LogP contribution >= 0.6 is 45.7 Å². The first-order valence-electron chi connectivity index (χ1n) is 16.7. The minimum absolute atomic E-state index is 0.460. The van der Waals surface area contributed by atoms with Gasteiger partial charge in [-0.1, -0.05) is 80.6 Å². The Hall–Kier alpha value is -5.04. The number of anilines is 4. The minimum atomic E-state index is 0.460. The van der Waals surface area contributed by atoms with Crippen LogP contribution in [0.25, 0.3) is 43.9 Å². The van der Waals surface area contributed by atoms with E-state index < -0.39 is 0 Å². The third-order valence-corrected chi connectivity index (χ3v) is 11.7. The van der Waals surface area contributed by atoms with Gasteiger partial charge in [0.2, 0.25) is 0 Å². The Kier molecular flexibility index (Phi) is 8.83. The molecule has 8 heteroatoms. The average molecular weight is 889 g/mol. The molecule has 0 amide bonds. The lowest BCUT2D eigenvalue weighted by Gasteiger charge is -2.19. The second-order valence-corrected chi connectivity index (χ2v) is 14.8. The van der Waals surface area contributed by atoms with Crippen molar-refractivity contribution in [1.82, 2.24) is 0 Å². The van der Waals surface area contributed by atoms with Gasteiger partial charge in [0.25, 0.3) is 0 Å². The summed E-state index contributed by atoms with van der Waals surface area (Å²) in [7, 11) is 0. The number of fused-ring (bicyclic) bond motifs is 6. The van der Waals surface area contributed by atoms with Gasteiger partial charge in [0.05, 0.1) is 79.6 Å². The van der Waals surface area contributed by atoms with Crippen molar-refractivity contribution < 1.29 is 8.83 Å². The van der Waals surface area contributed by atoms with Crippen molar-refractivity contribution in [3.05, 3.63) is 143 Å². The molecule has 248 valence electrons. The maximum atomic E-state index is 9.91. The number of hydrogen-bond acceptors (Lipinski definition) is 6. The fourth-order valence-corrected chi connectivity index (χ4v) is 8.20. The molecule has 0 N–H and O–H groups in total. The molecule has 0 saturated heterocycles. The zero-order chi connectivity index (χ0) is 35.2. The van der Waals surface area contributed by atoms with Gasteiger partial charge in [-0.25, -0.2) is 0 Å². The van der Waals surface area contributed by atoms with Crippen molar-refractivity contribution in [2.75, 3.05) is 6.23 Å². The molecule has 0 aliphatic rings. The molecule has 0 fully saturated rings. The summed E-state index contributed by atoms with van der Waals surface area (Å²) in [5.74, 6) is 0.460. The molecule has 0 spiro atoms. The Morgan fingerprint density at radius 1 is 0.569 bits per heavy atom. The zero-order valence-corrected chi connectivity index (χ0v) is 32.1. The van der Waals surface area contributed by atoms with E-state index in [-0.39, 0.29) is 0 Å². The van der Waals surface area contributed by atoms with Gasteiger partial charge in [0.15, 0.2) is 22.3 Å². The first-order valence-corrected chi connectivity index (χ1v) is 18.6. The van der Waals surface area contributed by atoms with E-state index in [9.17, 15) is 10.5 Å². The molecule has 0 aliphatic carbocycles. The summed E-state index contributed by atoms with van der Waals surface area (Å²) >= 11 is 4.66. The Bertz CT molecular complexity index is 2680. The molecular formula is C43H30I2N4O2. The van der Waals surface area contributed by atoms with Crippen LogP contribution in [-0.2, 0) is 12.8 Å². The predicted molar refractivity (Wildman–Crippen MR) is 224 cm³/mol. The molecule has 51 heavy (non-hydrogen) atoms. The third-order valence-electron chi connectivity index (χ3n) is 9.51. The van der Waals surface area contributed by atoms with Crippen LogP contribution in [0, 0.1) is 22.7 Å². The van der Waals surface area contributed by atoms with E-state index >= 15 is 0 Å². The van der Waals surface area contributed by atoms with E-state index in [4.69, 9.17) is 8.83 Å². The molecule has 6 aromatic carbocycles. The summed E-state index contributed by atoms with van der Waals surface area (Å²) in [6.07, 6.45) is 1.64. The third kappa shape index (κ3) is 5.86. The molecule has 0 saturated carbocycles. The first-order chi connectivity index (χ1) is 24.9. The maximum Gasteiger partial charge on any atom is 0.160 e. The maximum absolute atomic E-state index is 9.91. The molecule has 2 aromatic heterocycles. The van der Waals surface area contributed by atoms with Gasteiger partial charge in [-0.05, 0) is 84.0 Å². The van der Waals surface area contributed by atoms with Crippen LogP contribution in [0.4, 0.5) is 22.7 Å². The largest absolute Gasteiger partial charge is 0.452 e. The van der Waals surface area contributed by atoms with E-state index in [1.54, 1.807) is 6.07 Å². The molecule has 0 atom stereocenters. The highest BCUT2D eigenvalue weighted by Gasteiger charge is 2.21. The fraction of sp³-hybridized carbons (Fsp3) is 0.116. The van der Waals surface area contributed by atoms with Crippen LogP contribution in [0.3, 0.4) is 0 Å². The Morgan fingerprint density at radius 3 is 1.73 bits per heavy atom. The van der Waals surface area contributed by atoms with E-state index in [0.717, 1.165) is 68.3 Å². The summed E-state index contributed by atoms with van der Waals surface area (Å²) in [5, 5.41) is 23.5. The van der Waals surface area contributed by atoms with Crippen LogP contribution in [0.2, 0.25) is 0 Å². The summed E-state index contributed by atoms with van der Waals surface area (Å²) in [4.78, 5) is 0. The standard InChI is InChI=1S/C43H30I2N4O2/c1-26(2)28-16-21-33(22-17-28)49(45)38-23-18-29(39-36-10-4-7-31(25-47)41(36)51-43(38)39)15-12-27-13-19-32(20-14-27)48(44)37-11-5-9-35-34-8-3-6-30(24-46)40(34)50-42(35)37/h3-11,13-14,16-23,26H,12,15H2,1-2H3. The van der Waals surface area contributed by atoms with E-state index in [1.165, 1.54) is 16.7 Å². The number of nitrogens with zero attached hydrogens (tertiary/aromatic N) is 4. The Balaban J connectivity index is 1.09. The quantitative estimate of drug-likeness (QED) is 0.112. The Labute approximate surface area is 323 Å². The number of aryl methyl sites for hydroxylation is 2. The van der Waals surface area contributed by atoms with Crippen LogP contribution in [0.15, 0.2) is 124 Å². The number of furan rings is 2. The minimum Gasteiger partial charge on any atom is -0.452 e. The fourth-order valence-electron chi connectivity index (χ4n) is 6.80. The molecule has 2 heterocycles. The van der Waals surface area contributed by atoms with Gasteiger partial charge < -0.3 is 8.83 Å². The van der Waals surface area contributed by atoms with Crippen LogP contribution in [0.5, 0.6) is 0 Å². The monoisotopic (exact) mass is 888 g/mol. The normalized spacial score (nSPS) is 11.4. The summed E-state index contributed by atoms with van der Waals surface area (Å²) in [5.41, 5.74) is 11.5. The number of benzene rings is 6. The van der Waals surface area contributed by atoms with Gasteiger partial charge in [-0.2, -0.15) is 10.5 Å². The van der Waals surface area contributed by atoms with Gasteiger partial charge >= 0.3 is 0 Å². The smallest absolute Gasteiger partial charge is 0.160 e. The second kappa shape index (κ2) is 13.6. The van der Waals surface area contributed by atoms with Crippen LogP contribution < -0.4 is 6.23 Å². The lowest BCUT2D eigenvalue weighted by molar-refractivity contribution is 0.668. The highest BCUT2D eigenvalue weighted by molar-refractivity contribution is 14.1. The van der Waals surface area contributed by atoms with Crippen molar-refractivity contribution in [2.24, 2.45) is 0 Å². The highest BCUT2D eigenvalue weighted by Crippen LogP contribution is 2.43. The van der Waals surface area contributed by atoms with E-state index in [1.807, 2.05) is 42.5 Å². The molecule has 0 bridgehead atoms. The molecule has 8 aromatic rings. The van der Waals surface area contributed by atoms with Crippen molar-refractivity contribution in [1.29, 1.82) is 10.5 Å². The lowest BCUT2D eigenvalue weighted by atomic mass is 9.98. The van der Waals surface area contributed by atoms with Gasteiger partial charge in [0, 0.05) is 21.5 Å². The second-order valence-electron chi connectivity index (χ2n) is 12.9. The Morgan fingerprint density at radius 2 is 1.10 bits per heavy atom. The van der Waals surface area contributed by atoms with Gasteiger partial charge in [-0.3, -0.25) is 6.23 Å². The number of nitriles is 2. The lowest BCUT2D eigenvalue weighted by Crippen LogP contribution is -2.03. The highest BCUT2D eigenvalue weighted by atomic mass is 127. The first kappa shape index (κ1) is 33.1. The number of hydrogen-bond donors (Lipinski definition) is 0. The number of rotatable bonds is 8. The molecule has 0 aliphatic heterocycles. The van der Waals surface area contributed by atoms with E-state index in [0.29, 0.717) is 28.2 Å². The van der Waals surface area contributed by atoms with Crippen molar-refractivity contribution >= 4 is 112 Å². The topological polar surface area (TPSA) is 80.3 Å². The van der Waals surface area contributed by atoms with Crippen molar-refractivity contribution in [3.8, 4) is 12.1 Å². The number of halogens is 2. The molecular weight excluding hydrogens is 858 g/mol. The summed E-state index contributed by atoms with van der Waals surface area (Å²) < 4.78 is 17.1. The van der Waals surface area contributed by atoms with Crippen LogP contribution in [-0.4, -0.2) is 0 Å².